The maximum Gasteiger partial charge on any atom is 0.123 e. The Morgan fingerprint density at radius 2 is 2.55 bits per heavy atom. The van der Waals surface area contributed by atoms with E-state index in [2.05, 4.69) is 5.32 Å². The van der Waals surface area contributed by atoms with Crippen molar-refractivity contribution in [2.45, 2.75) is 6.04 Å². The van der Waals surface area contributed by atoms with Gasteiger partial charge in [0.05, 0.1) is 25.5 Å². The van der Waals surface area contributed by atoms with Crippen LogP contribution >= 0.6 is 0 Å². The normalized spacial score (nSPS) is 25.3. The fourth-order valence-electron chi connectivity index (χ4n) is 1.24. The summed E-state index contributed by atoms with van der Waals surface area (Å²) in [5.41, 5.74) is 0. The fourth-order valence-corrected chi connectivity index (χ4v) is 1.24. The molecule has 0 amide bonds. The highest BCUT2D eigenvalue weighted by atomic mass is 16.5. The van der Waals surface area contributed by atoms with E-state index in [1.165, 1.54) is 0 Å². The van der Waals surface area contributed by atoms with E-state index in [1.807, 2.05) is 12.1 Å². The van der Waals surface area contributed by atoms with Gasteiger partial charge in [0.2, 0.25) is 0 Å². The standard InChI is InChI=1S/C8H11NO2/c1-2-8(11-4-1)7-6-10-5-3-9-7/h1-2,4,7,9H,3,5-6H2. The molecule has 0 bridgehead atoms. The molecule has 1 aliphatic heterocycles. The van der Waals surface area contributed by atoms with Crippen molar-refractivity contribution in [2.75, 3.05) is 19.8 Å². The van der Waals surface area contributed by atoms with Crippen LogP contribution in [0.25, 0.3) is 0 Å². The first-order valence-corrected chi connectivity index (χ1v) is 3.81. The first-order chi connectivity index (χ1) is 5.47. The molecule has 2 heterocycles. The van der Waals surface area contributed by atoms with Crippen LogP contribution in [0.2, 0.25) is 0 Å². The molecule has 1 fully saturated rings. The molecule has 1 atom stereocenters. The summed E-state index contributed by atoms with van der Waals surface area (Å²) in [7, 11) is 0. The number of furan rings is 1. The topological polar surface area (TPSA) is 34.4 Å². The van der Waals surface area contributed by atoms with Gasteiger partial charge in [-0.05, 0) is 12.1 Å². The van der Waals surface area contributed by atoms with E-state index in [-0.39, 0.29) is 6.04 Å². The van der Waals surface area contributed by atoms with Crippen molar-refractivity contribution >= 4 is 0 Å². The predicted molar refractivity (Wildman–Crippen MR) is 40.3 cm³/mol. The zero-order valence-corrected chi connectivity index (χ0v) is 6.25. The van der Waals surface area contributed by atoms with Gasteiger partial charge >= 0.3 is 0 Å². The molecule has 1 aromatic heterocycles. The smallest absolute Gasteiger partial charge is 0.123 e. The summed E-state index contributed by atoms with van der Waals surface area (Å²) in [5.74, 6) is 0.963. The minimum Gasteiger partial charge on any atom is -0.468 e. The van der Waals surface area contributed by atoms with Gasteiger partial charge in [0.15, 0.2) is 0 Å². The van der Waals surface area contributed by atoms with Gasteiger partial charge in [-0.15, -0.1) is 0 Å². The number of hydrogen-bond acceptors (Lipinski definition) is 3. The summed E-state index contributed by atoms with van der Waals surface area (Å²) in [6.45, 7) is 2.43. The zero-order chi connectivity index (χ0) is 7.52. The van der Waals surface area contributed by atoms with Crippen molar-refractivity contribution in [1.82, 2.24) is 5.32 Å². The molecule has 11 heavy (non-hydrogen) atoms. The number of morpholine rings is 1. The van der Waals surface area contributed by atoms with Crippen molar-refractivity contribution < 1.29 is 9.15 Å². The minimum atomic E-state index is 0.249. The Hall–Kier alpha value is -0.800. The third-order valence-corrected chi connectivity index (χ3v) is 1.81. The van der Waals surface area contributed by atoms with Crippen molar-refractivity contribution in [2.24, 2.45) is 0 Å². The Balaban J connectivity index is 2.04. The molecule has 3 heteroatoms. The second kappa shape index (κ2) is 3.07. The minimum absolute atomic E-state index is 0.249. The first-order valence-electron chi connectivity index (χ1n) is 3.81. The number of hydrogen-bond donors (Lipinski definition) is 1. The molecule has 1 aliphatic rings. The summed E-state index contributed by atoms with van der Waals surface area (Å²) in [6.07, 6.45) is 1.69. The van der Waals surface area contributed by atoms with Crippen LogP contribution in [0.4, 0.5) is 0 Å². The average Bonchev–Trinajstić information content (AvgIpc) is 2.58. The van der Waals surface area contributed by atoms with Gasteiger partial charge < -0.3 is 14.5 Å². The van der Waals surface area contributed by atoms with Gasteiger partial charge in [-0.1, -0.05) is 0 Å². The Bertz CT molecular complexity index is 202. The molecule has 1 unspecified atom stereocenters. The Kier molecular flexibility index (Phi) is 1.92. The Labute approximate surface area is 65.3 Å². The molecule has 0 saturated carbocycles. The van der Waals surface area contributed by atoms with Crippen LogP contribution in [0.1, 0.15) is 11.8 Å². The van der Waals surface area contributed by atoms with E-state index in [4.69, 9.17) is 9.15 Å². The van der Waals surface area contributed by atoms with Crippen LogP contribution in [0.5, 0.6) is 0 Å². The maximum atomic E-state index is 5.28. The highest BCUT2D eigenvalue weighted by Crippen LogP contribution is 2.15. The molecule has 3 nitrogen and oxygen atoms in total. The van der Waals surface area contributed by atoms with Crippen molar-refractivity contribution in [3.05, 3.63) is 24.2 Å². The van der Waals surface area contributed by atoms with E-state index in [0.29, 0.717) is 6.61 Å². The molecular weight excluding hydrogens is 142 g/mol. The third-order valence-electron chi connectivity index (χ3n) is 1.81. The van der Waals surface area contributed by atoms with Crippen LogP contribution in [0.15, 0.2) is 22.8 Å². The molecule has 0 aliphatic carbocycles. The molecule has 0 spiro atoms. The largest absolute Gasteiger partial charge is 0.468 e. The zero-order valence-electron chi connectivity index (χ0n) is 6.25. The molecule has 0 aromatic carbocycles. The summed E-state index contributed by atoms with van der Waals surface area (Å²) >= 11 is 0. The van der Waals surface area contributed by atoms with E-state index in [0.717, 1.165) is 18.9 Å². The molecule has 2 rings (SSSR count). The molecule has 1 saturated heterocycles. The first kappa shape index (κ1) is 6.88. The van der Waals surface area contributed by atoms with Crippen LogP contribution in [-0.2, 0) is 4.74 Å². The lowest BCUT2D eigenvalue weighted by molar-refractivity contribution is 0.0699. The van der Waals surface area contributed by atoms with Crippen LogP contribution < -0.4 is 5.32 Å². The van der Waals surface area contributed by atoms with Gasteiger partial charge in [0.1, 0.15) is 5.76 Å². The maximum absolute atomic E-state index is 5.28. The van der Waals surface area contributed by atoms with Crippen molar-refractivity contribution in [3.8, 4) is 0 Å². The lowest BCUT2D eigenvalue weighted by Gasteiger charge is -2.21. The average molecular weight is 153 g/mol. The molecular formula is C8H11NO2. The quantitative estimate of drug-likeness (QED) is 0.652. The Morgan fingerprint density at radius 1 is 1.55 bits per heavy atom. The highest BCUT2D eigenvalue weighted by Gasteiger charge is 2.16. The van der Waals surface area contributed by atoms with Gasteiger partial charge in [0.25, 0.3) is 0 Å². The van der Waals surface area contributed by atoms with Gasteiger partial charge in [0, 0.05) is 6.54 Å². The van der Waals surface area contributed by atoms with E-state index in [1.54, 1.807) is 6.26 Å². The lowest BCUT2D eigenvalue weighted by atomic mass is 10.2. The lowest BCUT2D eigenvalue weighted by Crippen LogP contribution is -2.34. The SMILES string of the molecule is c1coc(C2COCCN2)c1. The summed E-state index contributed by atoms with van der Waals surface area (Å²) in [6, 6.07) is 4.11. The Morgan fingerprint density at radius 3 is 3.18 bits per heavy atom. The van der Waals surface area contributed by atoms with E-state index < -0.39 is 0 Å². The predicted octanol–water partition coefficient (Wildman–Crippen LogP) is 0.940. The third kappa shape index (κ3) is 1.44. The molecule has 0 radical (unpaired) electrons. The van der Waals surface area contributed by atoms with E-state index in [9.17, 15) is 0 Å². The molecule has 1 N–H and O–H groups in total. The van der Waals surface area contributed by atoms with Crippen molar-refractivity contribution in [3.63, 3.8) is 0 Å². The number of nitrogens with one attached hydrogen (secondary N) is 1. The second-order valence-electron chi connectivity index (χ2n) is 2.60. The fraction of sp³-hybridized carbons (Fsp3) is 0.500. The van der Waals surface area contributed by atoms with Gasteiger partial charge in [-0.3, -0.25) is 0 Å². The number of ether oxygens (including phenoxy) is 1. The summed E-state index contributed by atoms with van der Waals surface area (Å²) in [5, 5.41) is 3.30. The number of rotatable bonds is 1. The molecule has 1 aromatic rings. The molecule has 60 valence electrons. The van der Waals surface area contributed by atoms with Gasteiger partial charge in [-0.25, -0.2) is 0 Å². The summed E-state index contributed by atoms with van der Waals surface area (Å²) in [4.78, 5) is 0. The summed E-state index contributed by atoms with van der Waals surface area (Å²) < 4.78 is 10.5. The van der Waals surface area contributed by atoms with Crippen LogP contribution in [0.3, 0.4) is 0 Å². The second-order valence-corrected chi connectivity index (χ2v) is 2.60. The monoisotopic (exact) mass is 153 g/mol. The van der Waals surface area contributed by atoms with Crippen LogP contribution in [0, 0.1) is 0 Å². The van der Waals surface area contributed by atoms with Crippen LogP contribution in [-0.4, -0.2) is 19.8 Å². The van der Waals surface area contributed by atoms with Gasteiger partial charge in [-0.2, -0.15) is 0 Å². The highest BCUT2D eigenvalue weighted by molar-refractivity contribution is 5.04. The van der Waals surface area contributed by atoms with Crippen molar-refractivity contribution in [1.29, 1.82) is 0 Å². The van der Waals surface area contributed by atoms with E-state index >= 15 is 0 Å².